The fourth-order valence-electron chi connectivity index (χ4n) is 3.31. The standard InChI is InChI=1S/C15H16O2.C12H10O4S/c1-15(2,11-3-7-13(16)8-4-11)12-5-9-14(17)10-6-12;13-9-1-5-11(6-2-9)17(15,16)12-7-3-10(14)4-8-12/h3-10,16-17H,1-2H3;1-8,13-14H. The van der Waals surface area contributed by atoms with Gasteiger partial charge in [0.15, 0.2) is 0 Å². The highest BCUT2D eigenvalue weighted by molar-refractivity contribution is 7.91. The molecule has 4 N–H and O–H groups in total. The molecule has 4 rings (SSSR count). The van der Waals surface area contributed by atoms with Crippen molar-refractivity contribution in [2.75, 3.05) is 0 Å². The summed E-state index contributed by atoms with van der Waals surface area (Å²) in [4.78, 5) is 0.196. The second-order valence-electron chi connectivity index (χ2n) is 8.21. The Hall–Kier alpha value is -3.97. The molecule has 0 amide bonds. The van der Waals surface area contributed by atoms with Crippen molar-refractivity contribution in [3.63, 3.8) is 0 Å². The minimum absolute atomic E-state index is 0.00894. The van der Waals surface area contributed by atoms with Crippen LogP contribution >= 0.6 is 0 Å². The van der Waals surface area contributed by atoms with Crippen LogP contribution in [0.25, 0.3) is 0 Å². The van der Waals surface area contributed by atoms with Crippen molar-refractivity contribution >= 4 is 9.84 Å². The van der Waals surface area contributed by atoms with E-state index in [1.165, 1.54) is 48.5 Å². The third-order valence-electron chi connectivity index (χ3n) is 5.47. The Kier molecular flexibility index (Phi) is 7.17. The number of hydrogen-bond donors (Lipinski definition) is 4. The fourth-order valence-corrected chi connectivity index (χ4v) is 4.57. The largest absolute Gasteiger partial charge is 0.508 e. The van der Waals surface area contributed by atoms with Crippen molar-refractivity contribution in [1.82, 2.24) is 0 Å². The number of benzene rings is 4. The summed E-state index contributed by atoms with van der Waals surface area (Å²) in [5.41, 5.74) is 2.10. The van der Waals surface area contributed by atoms with Crippen molar-refractivity contribution in [1.29, 1.82) is 0 Å². The van der Waals surface area contributed by atoms with Crippen molar-refractivity contribution in [2.24, 2.45) is 0 Å². The molecule has 0 heterocycles. The molecule has 0 fully saturated rings. The maximum Gasteiger partial charge on any atom is 0.206 e. The van der Waals surface area contributed by atoms with Gasteiger partial charge in [-0.1, -0.05) is 38.1 Å². The van der Waals surface area contributed by atoms with Gasteiger partial charge in [-0.2, -0.15) is 0 Å². The predicted octanol–water partition coefficient (Wildman–Crippen LogP) is 5.35. The zero-order valence-electron chi connectivity index (χ0n) is 18.8. The van der Waals surface area contributed by atoms with Crippen LogP contribution in [0.15, 0.2) is 107 Å². The number of aromatic hydroxyl groups is 4. The van der Waals surface area contributed by atoms with E-state index in [0.29, 0.717) is 0 Å². The summed E-state index contributed by atoms with van der Waals surface area (Å²) in [6.07, 6.45) is 0. The van der Waals surface area contributed by atoms with Crippen LogP contribution < -0.4 is 0 Å². The van der Waals surface area contributed by atoms with E-state index in [-0.39, 0.29) is 38.2 Å². The first-order chi connectivity index (χ1) is 16.0. The number of phenolic OH excluding ortho intramolecular Hbond substituents is 4. The Balaban J connectivity index is 0.000000191. The highest BCUT2D eigenvalue weighted by atomic mass is 32.2. The van der Waals surface area contributed by atoms with Gasteiger partial charge in [0.25, 0.3) is 0 Å². The van der Waals surface area contributed by atoms with Crippen molar-refractivity contribution in [3.8, 4) is 23.0 Å². The quantitative estimate of drug-likeness (QED) is 0.314. The Morgan fingerprint density at radius 1 is 0.471 bits per heavy atom. The van der Waals surface area contributed by atoms with Crippen LogP contribution in [0.2, 0.25) is 0 Å². The van der Waals surface area contributed by atoms with Gasteiger partial charge in [-0.25, -0.2) is 8.42 Å². The van der Waals surface area contributed by atoms with E-state index < -0.39 is 9.84 Å². The summed E-state index contributed by atoms with van der Waals surface area (Å²) >= 11 is 0. The maximum atomic E-state index is 12.1. The first-order valence-electron chi connectivity index (χ1n) is 10.4. The molecule has 0 aromatic heterocycles. The monoisotopic (exact) mass is 478 g/mol. The smallest absolute Gasteiger partial charge is 0.206 e. The van der Waals surface area contributed by atoms with Gasteiger partial charge in [0.05, 0.1) is 9.79 Å². The first-order valence-corrected chi connectivity index (χ1v) is 11.9. The molecule has 0 bridgehead atoms. The molecule has 0 unspecified atom stereocenters. The van der Waals surface area contributed by atoms with Gasteiger partial charge in [0, 0.05) is 5.41 Å². The molecule has 0 aliphatic heterocycles. The molecule has 34 heavy (non-hydrogen) atoms. The summed E-state index contributed by atoms with van der Waals surface area (Å²) in [7, 11) is -3.59. The minimum Gasteiger partial charge on any atom is -0.508 e. The SMILES string of the molecule is CC(C)(c1ccc(O)cc1)c1ccc(O)cc1.O=S(=O)(c1ccc(O)cc1)c1ccc(O)cc1. The number of phenols is 4. The van der Waals surface area contributed by atoms with Crippen molar-refractivity contribution in [3.05, 3.63) is 108 Å². The molecule has 4 aromatic rings. The van der Waals surface area contributed by atoms with Gasteiger partial charge >= 0.3 is 0 Å². The van der Waals surface area contributed by atoms with Crippen LogP contribution in [-0.2, 0) is 15.3 Å². The normalized spacial score (nSPS) is 11.4. The van der Waals surface area contributed by atoms with E-state index in [2.05, 4.69) is 13.8 Å². The predicted molar refractivity (Wildman–Crippen MR) is 130 cm³/mol. The van der Waals surface area contributed by atoms with E-state index in [9.17, 15) is 18.6 Å². The first kappa shape index (κ1) is 24.7. The van der Waals surface area contributed by atoms with Crippen LogP contribution in [0.4, 0.5) is 0 Å². The average Bonchev–Trinajstić information content (AvgIpc) is 2.81. The maximum absolute atomic E-state index is 12.1. The second kappa shape index (κ2) is 9.89. The third-order valence-corrected chi connectivity index (χ3v) is 7.26. The molecule has 7 heteroatoms. The van der Waals surface area contributed by atoms with E-state index in [0.717, 1.165) is 11.1 Å². The molecule has 0 saturated heterocycles. The zero-order valence-corrected chi connectivity index (χ0v) is 19.6. The van der Waals surface area contributed by atoms with Crippen molar-refractivity contribution in [2.45, 2.75) is 29.1 Å². The van der Waals surface area contributed by atoms with Crippen LogP contribution in [-0.4, -0.2) is 28.8 Å². The molecular formula is C27H26O6S. The molecule has 176 valence electrons. The highest BCUT2D eigenvalue weighted by Crippen LogP contribution is 2.33. The van der Waals surface area contributed by atoms with Gasteiger partial charge in [0.1, 0.15) is 23.0 Å². The van der Waals surface area contributed by atoms with Gasteiger partial charge in [-0.05, 0) is 83.9 Å². The number of sulfone groups is 1. The lowest BCUT2D eigenvalue weighted by molar-refractivity contribution is 0.473. The molecule has 4 aromatic carbocycles. The number of rotatable bonds is 4. The molecule has 0 aliphatic rings. The zero-order chi connectivity index (χ0) is 24.9. The van der Waals surface area contributed by atoms with Gasteiger partial charge in [-0.3, -0.25) is 0 Å². The summed E-state index contributed by atoms with van der Waals surface area (Å²) in [5, 5.41) is 36.8. The molecule has 0 atom stereocenters. The Morgan fingerprint density at radius 3 is 0.971 bits per heavy atom. The Bertz CT molecular complexity index is 1230. The molecule has 0 aliphatic carbocycles. The van der Waals surface area contributed by atoms with E-state index in [1.54, 1.807) is 24.3 Å². The Labute approximate surface area is 199 Å². The Morgan fingerprint density at radius 2 is 0.706 bits per heavy atom. The van der Waals surface area contributed by atoms with Crippen LogP contribution in [0.3, 0.4) is 0 Å². The summed E-state index contributed by atoms with van der Waals surface area (Å²) < 4.78 is 24.2. The highest BCUT2D eigenvalue weighted by Gasteiger charge is 2.22. The third kappa shape index (κ3) is 5.68. The van der Waals surface area contributed by atoms with Gasteiger partial charge < -0.3 is 20.4 Å². The second-order valence-corrected chi connectivity index (χ2v) is 10.2. The molecular weight excluding hydrogens is 452 g/mol. The van der Waals surface area contributed by atoms with E-state index >= 15 is 0 Å². The topological polar surface area (TPSA) is 115 Å². The average molecular weight is 479 g/mol. The molecule has 0 radical (unpaired) electrons. The van der Waals surface area contributed by atoms with Crippen LogP contribution in [0.1, 0.15) is 25.0 Å². The van der Waals surface area contributed by atoms with Gasteiger partial charge in [0.2, 0.25) is 9.84 Å². The fraction of sp³-hybridized carbons (Fsp3) is 0.111. The minimum atomic E-state index is -3.59. The summed E-state index contributed by atoms with van der Waals surface area (Å²) in [6, 6.07) is 25.0. The lowest BCUT2D eigenvalue weighted by Gasteiger charge is -2.26. The number of hydrogen-bond acceptors (Lipinski definition) is 6. The lowest BCUT2D eigenvalue weighted by atomic mass is 9.78. The van der Waals surface area contributed by atoms with E-state index in [1.807, 2.05) is 24.3 Å². The van der Waals surface area contributed by atoms with Gasteiger partial charge in [-0.15, -0.1) is 0 Å². The van der Waals surface area contributed by atoms with E-state index in [4.69, 9.17) is 10.2 Å². The summed E-state index contributed by atoms with van der Waals surface area (Å²) in [5.74, 6) is 0.565. The van der Waals surface area contributed by atoms with Crippen LogP contribution in [0, 0.1) is 0 Å². The lowest BCUT2D eigenvalue weighted by Crippen LogP contribution is -2.18. The molecule has 0 spiro atoms. The van der Waals surface area contributed by atoms with Crippen LogP contribution in [0.5, 0.6) is 23.0 Å². The summed E-state index contributed by atoms with van der Waals surface area (Å²) in [6.45, 7) is 4.23. The molecule has 0 saturated carbocycles. The van der Waals surface area contributed by atoms with Crippen molar-refractivity contribution < 1.29 is 28.8 Å². The molecule has 6 nitrogen and oxygen atoms in total.